The number of nitrogens with two attached hydrogens (primary N) is 1. The van der Waals surface area contributed by atoms with E-state index in [2.05, 4.69) is 32.0 Å². The number of nitrogens with zero attached hydrogens (tertiary/aromatic N) is 1. The third kappa shape index (κ3) is 2.05. The van der Waals surface area contributed by atoms with Gasteiger partial charge in [0.1, 0.15) is 0 Å². The highest BCUT2D eigenvalue weighted by Gasteiger charge is 2.46. The van der Waals surface area contributed by atoms with E-state index in [1.165, 1.54) is 5.56 Å². The van der Waals surface area contributed by atoms with Crippen LogP contribution in [0.1, 0.15) is 38.7 Å². The van der Waals surface area contributed by atoms with E-state index < -0.39 is 0 Å². The lowest BCUT2D eigenvalue weighted by atomic mass is 9.82. The third-order valence-corrected chi connectivity index (χ3v) is 5.11. The Morgan fingerprint density at radius 3 is 2.85 bits per heavy atom. The highest BCUT2D eigenvalue weighted by atomic mass is 16.2. The van der Waals surface area contributed by atoms with Gasteiger partial charge in [0.25, 0.3) is 0 Å². The van der Waals surface area contributed by atoms with Gasteiger partial charge in [-0.3, -0.25) is 4.79 Å². The lowest BCUT2D eigenvalue weighted by Crippen LogP contribution is -2.51. The second-order valence-electron chi connectivity index (χ2n) is 6.77. The van der Waals surface area contributed by atoms with Gasteiger partial charge in [0, 0.05) is 18.3 Å². The van der Waals surface area contributed by atoms with Crippen LogP contribution in [0.15, 0.2) is 24.3 Å². The average Bonchev–Trinajstić information content (AvgIpc) is 2.78. The molecule has 3 unspecified atom stereocenters. The topological polar surface area (TPSA) is 46.3 Å². The van der Waals surface area contributed by atoms with Gasteiger partial charge in [0.05, 0.1) is 5.41 Å². The first-order valence-electron chi connectivity index (χ1n) is 7.68. The molecule has 2 N–H and O–H groups in total. The molecular weight excluding hydrogens is 248 g/mol. The number of carbonyl (C=O) groups is 1. The van der Waals surface area contributed by atoms with E-state index in [1.807, 2.05) is 11.0 Å². The molecule has 3 rings (SSSR count). The molecule has 0 spiro atoms. The molecule has 3 nitrogen and oxygen atoms in total. The Morgan fingerprint density at radius 1 is 1.40 bits per heavy atom. The van der Waals surface area contributed by atoms with Gasteiger partial charge in [-0.2, -0.15) is 0 Å². The molecule has 1 aromatic rings. The van der Waals surface area contributed by atoms with Crippen molar-refractivity contribution in [3.8, 4) is 0 Å². The molecule has 1 aliphatic carbocycles. The number of hydrogen-bond acceptors (Lipinski definition) is 2. The minimum atomic E-state index is -0.385. The van der Waals surface area contributed by atoms with Crippen molar-refractivity contribution in [2.45, 2.75) is 45.6 Å². The molecule has 0 saturated heterocycles. The zero-order chi connectivity index (χ0) is 14.3. The Kier molecular flexibility index (Phi) is 3.33. The van der Waals surface area contributed by atoms with Gasteiger partial charge in [-0.1, -0.05) is 31.5 Å². The number of carbonyl (C=O) groups excluding carboxylic acids is 1. The molecule has 108 valence electrons. The van der Waals surface area contributed by atoms with Crippen molar-refractivity contribution in [1.29, 1.82) is 0 Å². The summed E-state index contributed by atoms with van der Waals surface area (Å²) in [6.45, 7) is 5.08. The molecule has 1 heterocycles. The fourth-order valence-electron chi connectivity index (χ4n) is 3.76. The smallest absolute Gasteiger partial charge is 0.234 e. The molecule has 1 aromatic carbocycles. The second-order valence-corrected chi connectivity index (χ2v) is 6.77. The number of rotatable bonds is 1. The van der Waals surface area contributed by atoms with Crippen molar-refractivity contribution in [3.63, 3.8) is 0 Å². The number of amides is 1. The minimum Gasteiger partial charge on any atom is -0.327 e. The van der Waals surface area contributed by atoms with E-state index in [9.17, 15) is 4.79 Å². The highest BCUT2D eigenvalue weighted by Crippen LogP contribution is 2.41. The summed E-state index contributed by atoms with van der Waals surface area (Å²) >= 11 is 0. The van der Waals surface area contributed by atoms with Gasteiger partial charge in [-0.15, -0.1) is 0 Å². The number of para-hydroxylation sites is 1. The maximum absolute atomic E-state index is 13.1. The molecule has 1 amide bonds. The Hall–Kier alpha value is -1.35. The fourth-order valence-corrected chi connectivity index (χ4v) is 3.76. The minimum absolute atomic E-state index is 0.000560. The lowest BCUT2D eigenvalue weighted by molar-refractivity contribution is -0.128. The summed E-state index contributed by atoms with van der Waals surface area (Å²) in [5, 5.41) is 0. The quantitative estimate of drug-likeness (QED) is 0.854. The standard InChI is InChI=1S/C17H24N2O/c1-12-10-13-6-3-4-7-14(13)19(11-12)16(20)17(2)9-5-8-15(17)18/h3-4,6-7,12,15H,5,8-11,18H2,1-2H3. The van der Waals surface area contributed by atoms with Gasteiger partial charge in [0.2, 0.25) is 5.91 Å². The zero-order valence-electron chi connectivity index (χ0n) is 12.4. The maximum Gasteiger partial charge on any atom is 0.234 e. The summed E-state index contributed by atoms with van der Waals surface area (Å²) in [6.07, 6.45) is 4.00. The summed E-state index contributed by atoms with van der Waals surface area (Å²) in [5.74, 6) is 0.733. The lowest BCUT2D eigenvalue weighted by Gasteiger charge is -2.39. The van der Waals surface area contributed by atoms with Crippen LogP contribution in [0.25, 0.3) is 0 Å². The van der Waals surface area contributed by atoms with Crippen LogP contribution in [0.5, 0.6) is 0 Å². The first-order chi connectivity index (χ1) is 9.52. The van der Waals surface area contributed by atoms with E-state index in [1.54, 1.807) is 0 Å². The molecule has 1 saturated carbocycles. The summed E-state index contributed by atoms with van der Waals surface area (Å²) in [4.78, 5) is 15.1. The molecule has 0 radical (unpaired) electrons. The Morgan fingerprint density at radius 2 is 2.15 bits per heavy atom. The van der Waals surface area contributed by atoms with Crippen LogP contribution >= 0.6 is 0 Å². The van der Waals surface area contributed by atoms with Crippen LogP contribution in [0.3, 0.4) is 0 Å². The number of fused-ring (bicyclic) bond motifs is 1. The monoisotopic (exact) mass is 272 g/mol. The van der Waals surface area contributed by atoms with Crippen molar-refractivity contribution in [2.75, 3.05) is 11.4 Å². The van der Waals surface area contributed by atoms with Crippen LogP contribution in [-0.4, -0.2) is 18.5 Å². The number of hydrogen-bond donors (Lipinski definition) is 1. The van der Waals surface area contributed by atoms with Gasteiger partial charge in [0.15, 0.2) is 0 Å². The largest absolute Gasteiger partial charge is 0.327 e. The fraction of sp³-hybridized carbons (Fsp3) is 0.588. The molecule has 0 aromatic heterocycles. The Labute approximate surface area is 121 Å². The average molecular weight is 272 g/mol. The first-order valence-corrected chi connectivity index (χ1v) is 7.68. The summed E-state index contributed by atoms with van der Waals surface area (Å²) in [6, 6.07) is 8.29. The Bertz CT molecular complexity index is 527. The first kappa shape index (κ1) is 13.6. The molecule has 0 bridgehead atoms. The number of anilines is 1. The van der Waals surface area contributed by atoms with Gasteiger partial charge in [-0.25, -0.2) is 0 Å². The van der Waals surface area contributed by atoms with E-state index in [0.717, 1.165) is 37.9 Å². The summed E-state index contributed by atoms with van der Waals surface area (Å²) in [5.41, 5.74) is 8.22. The van der Waals surface area contributed by atoms with Crippen LogP contribution in [-0.2, 0) is 11.2 Å². The predicted octanol–water partition coefficient (Wildman–Crippen LogP) is 2.73. The SMILES string of the molecule is CC1Cc2ccccc2N(C(=O)C2(C)CCCC2N)C1. The third-order valence-electron chi connectivity index (χ3n) is 5.11. The Balaban J connectivity index is 1.96. The van der Waals surface area contributed by atoms with Crippen molar-refractivity contribution in [1.82, 2.24) is 0 Å². The van der Waals surface area contributed by atoms with Crippen LogP contribution in [0, 0.1) is 11.3 Å². The highest BCUT2D eigenvalue weighted by molar-refractivity contribution is 5.99. The second kappa shape index (κ2) is 4.88. The van der Waals surface area contributed by atoms with Crippen LogP contribution < -0.4 is 10.6 Å². The predicted molar refractivity (Wildman–Crippen MR) is 81.6 cm³/mol. The maximum atomic E-state index is 13.1. The van der Waals surface area contributed by atoms with Crippen LogP contribution in [0.4, 0.5) is 5.69 Å². The molecule has 2 aliphatic rings. The van der Waals surface area contributed by atoms with Crippen molar-refractivity contribution in [2.24, 2.45) is 17.1 Å². The molecule has 1 aliphatic heterocycles. The molecule has 1 fully saturated rings. The van der Waals surface area contributed by atoms with Crippen LogP contribution in [0.2, 0.25) is 0 Å². The van der Waals surface area contributed by atoms with E-state index in [4.69, 9.17) is 5.73 Å². The molecule has 3 heteroatoms. The summed E-state index contributed by atoms with van der Waals surface area (Å²) < 4.78 is 0. The molecule has 3 atom stereocenters. The molecule has 20 heavy (non-hydrogen) atoms. The zero-order valence-corrected chi connectivity index (χ0v) is 12.4. The number of benzene rings is 1. The van der Waals surface area contributed by atoms with Gasteiger partial charge >= 0.3 is 0 Å². The molecular formula is C17H24N2O. The van der Waals surface area contributed by atoms with Gasteiger partial charge in [-0.05, 0) is 43.7 Å². The van der Waals surface area contributed by atoms with E-state index >= 15 is 0 Å². The summed E-state index contributed by atoms with van der Waals surface area (Å²) in [7, 11) is 0. The normalized spacial score (nSPS) is 33.0. The van der Waals surface area contributed by atoms with E-state index in [-0.39, 0.29) is 17.4 Å². The van der Waals surface area contributed by atoms with Crippen molar-refractivity contribution in [3.05, 3.63) is 29.8 Å². The van der Waals surface area contributed by atoms with Crippen molar-refractivity contribution >= 4 is 11.6 Å². The van der Waals surface area contributed by atoms with Crippen molar-refractivity contribution < 1.29 is 4.79 Å². The van der Waals surface area contributed by atoms with E-state index in [0.29, 0.717) is 5.92 Å². The van der Waals surface area contributed by atoms with Gasteiger partial charge < -0.3 is 10.6 Å².